The molecule has 148 valence electrons. The summed E-state index contributed by atoms with van der Waals surface area (Å²) in [6, 6.07) is 8.03. The van der Waals surface area contributed by atoms with Crippen molar-refractivity contribution in [1.82, 2.24) is 14.8 Å². The maximum Gasteiger partial charge on any atom is 0.416 e. The minimum absolute atomic E-state index is 0.199. The van der Waals surface area contributed by atoms with Gasteiger partial charge in [-0.25, -0.2) is 0 Å². The lowest BCUT2D eigenvalue weighted by molar-refractivity contribution is -0.142. The summed E-state index contributed by atoms with van der Waals surface area (Å²) < 4.78 is 51.2. The molecule has 1 aromatic carbocycles. The van der Waals surface area contributed by atoms with Crippen LogP contribution >= 0.6 is 11.8 Å². The number of thioether (sulfide) groups is 1. The van der Waals surface area contributed by atoms with E-state index in [9.17, 15) is 18.0 Å². The van der Waals surface area contributed by atoms with E-state index in [4.69, 9.17) is 9.15 Å². The van der Waals surface area contributed by atoms with Gasteiger partial charge in [0.1, 0.15) is 5.25 Å². The van der Waals surface area contributed by atoms with Crippen LogP contribution in [0.2, 0.25) is 0 Å². The third-order valence-corrected chi connectivity index (χ3v) is 4.73. The van der Waals surface area contributed by atoms with Gasteiger partial charge in [0, 0.05) is 0 Å². The van der Waals surface area contributed by atoms with E-state index in [-0.39, 0.29) is 23.3 Å². The molecule has 10 heteroatoms. The number of hydrogen-bond donors (Lipinski definition) is 0. The zero-order valence-electron chi connectivity index (χ0n) is 14.9. The number of aromatic nitrogens is 3. The lowest BCUT2D eigenvalue weighted by Crippen LogP contribution is -2.17. The molecule has 0 aliphatic carbocycles. The highest BCUT2D eigenvalue weighted by molar-refractivity contribution is 8.00. The van der Waals surface area contributed by atoms with Gasteiger partial charge in [0.25, 0.3) is 0 Å². The molecule has 0 aliphatic rings. The molecule has 28 heavy (non-hydrogen) atoms. The normalized spacial score (nSPS) is 12.8. The molecule has 1 atom stereocenters. The van der Waals surface area contributed by atoms with Crippen LogP contribution in [-0.4, -0.2) is 32.6 Å². The number of ether oxygens (including phenoxy) is 1. The van der Waals surface area contributed by atoms with Crippen molar-refractivity contribution >= 4 is 17.7 Å². The Morgan fingerprint density at radius 3 is 2.71 bits per heavy atom. The fourth-order valence-electron chi connectivity index (χ4n) is 2.43. The summed E-state index contributed by atoms with van der Waals surface area (Å²) >= 11 is 1.04. The Labute approximate surface area is 162 Å². The third kappa shape index (κ3) is 4.22. The molecular weight excluding hydrogens is 395 g/mol. The number of furan rings is 1. The molecule has 3 aromatic rings. The Morgan fingerprint density at radius 1 is 1.29 bits per heavy atom. The second-order valence-electron chi connectivity index (χ2n) is 5.68. The van der Waals surface area contributed by atoms with Crippen LogP contribution in [0.1, 0.15) is 19.4 Å². The van der Waals surface area contributed by atoms with Crippen molar-refractivity contribution in [2.75, 3.05) is 6.61 Å². The molecule has 1 unspecified atom stereocenters. The first-order valence-electron chi connectivity index (χ1n) is 8.31. The van der Waals surface area contributed by atoms with Gasteiger partial charge in [0.2, 0.25) is 5.82 Å². The van der Waals surface area contributed by atoms with Gasteiger partial charge in [0.05, 0.1) is 24.1 Å². The standard InChI is InChI=1S/C18H16F3N3O3S/c1-3-26-16(25)11(2)28-17-23-22-15(14-8-5-9-27-14)24(17)13-7-4-6-12(10-13)18(19,20)21/h4-11H,3H2,1-2H3. The van der Waals surface area contributed by atoms with Crippen LogP contribution in [0.4, 0.5) is 13.2 Å². The SMILES string of the molecule is CCOC(=O)C(C)Sc1nnc(-c2ccco2)n1-c1cccc(C(F)(F)F)c1. The number of esters is 1. The molecular formula is C18H16F3N3O3S. The average Bonchev–Trinajstić information content (AvgIpc) is 3.30. The van der Waals surface area contributed by atoms with E-state index in [0.29, 0.717) is 5.76 Å². The second-order valence-corrected chi connectivity index (χ2v) is 6.99. The molecule has 6 nitrogen and oxygen atoms in total. The molecule has 2 aromatic heterocycles. The minimum atomic E-state index is -4.50. The molecule has 0 amide bonds. The molecule has 0 N–H and O–H groups in total. The van der Waals surface area contributed by atoms with Gasteiger partial charge in [-0.15, -0.1) is 10.2 Å². The summed E-state index contributed by atoms with van der Waals surface area (Å²) in [5.41, 5.74) is -0.608. The van der Waals surface area contributed by atoms with Crippen molar-refractivity contribution < 1.29 is 27.1 Å². The van der Waals surface area contributed by atoms with Gasteiger partial charge in [0.15, 0.2) is 10.9 Å². The highest BCUT2D eigenvalue weighted by atomic mass is 32.2. The van der Waals surface area contributed by atoms with E-state index >= 15 is 0 Å². The van der Waals surface area contributed by atoms with Crippen molar-refractivity contribution in [2.45, 2.75) is 30.4 Å². The number of rotatable bonds is 6. The lowest BCUT2D eigenvalue weighted by Gasteiger charge is -2.14. The van der Waals surface area contributed by atoms with Crippen molar-refractivity contribution in [3.63, 3.8) is 0 Å². The van der Waals surface area contributed by atoms with Crippen molar-refractivity contribution in [3.8, 4) is 17.3 Å². The fraction of sp³-hybridized carbons (Fsp3) is 0.278. The van der Waals surface area contributed by atoms with E-state index in [2.05, 4.69) is 10.2 Å². The molecule has 0 saturated carbocycles. The molecule has 0 saturated heterocycles. The fourth-order valence-corrected chi connectivity index (χ4v) is 3.30. The Hall–Kier alpha value is -2.75. The maximum atomic E-state index is 13.2. The Morgan fingerprint density at radius 2 is 2.07 bits per heavy atom. The van der Waals surface area contributed by atoms with Crippen molar-refractivity contribution in [1.29, 1.82) is 0 Å². The quantitative estimate of drug-likeness (QED) is 0.437. The van der Waals surface area contributed by atoms with Gasteiger partial charge in [-0.2, -0.15) is 13.2 Å². The summed E-state index contributed by atoms with van der Waals surface area (Å²) in [6.45, 7) is 3.54. The van der Waals surface area contributed by atoms with E-state index in [1.807, 2.05) is 0 Å². The number of halogens is 3. The van der Waals surface area contributed by atoms with Crippen molar-refractivity contribution in [2.24, 2.45) is 0 Å². The molecule has 0 radical (unpaired) electrons. The predicted molar refractivity (Wildman–Crippen MR) is 96.0 cm³/mol. The van der Waals surface area contributed by atoms with E-state index < -0.39 is 23.0 Å². The molecule has 0 aliphatic heterocycles. The summed E-state index contributed by atoms with van der Waals surface area (Å²) in [4.78, 5) is 11.9. The predicted octanol–water partition coefficient (Wildman–Crippen LogP) is 4.59. The summed E-state index contributed by atoms with van der Waals surface area (Å²) in [6.07, 6.45) is -3.07. The van der Waals surface area contributed by atoms with Crippen LogP contribution in [0.25, 0.3) is 17.3 Å². The first-order chi connectivity index (χ1) is 13.3. The van der Waals surface area contributed by atoms with Crippen LogP contribution < -0.4 is 0 Å². The van der Waals surface area contributed by atoms with E-state index in [0.717, 1.165) is 23.9 Å². The molecule has 2 heterocycles. The number of carbonyl (C=O) groups is 1. The van der Waals surface area contributed by atoms with Crippen LogP contribution in [0.15, 0.2) is 52.2 Å². The van der Waals surface area contributed by atoms with Crippen LogP contribution in [0.5, 0.6) is 0 Å². The highest BCUT2D eigenvalue weighted by Crippen LogP contribution is 2.34. The summed E-state index contributed by atoms with van der Waals surface area (Å²) in [5, 5.41) is 7.72. The minimum Gasteiger partial charge on any atom is -0.465 e. The average molecular weight is 411 g/mol. The number of nitrogens with zero attached hydrogens (tertiary/aromatic N) is 3. The maximum absolute atomic E-state index is 13.2. The largest absolute Gasteiger partial charge is 0.465 e. The Kier molecular flexibility index (Phi) is 5.78. The van der Waals surface area contributed by atoms with Crippen LogP contribution in [0, 0.1) is 0 Å². The topological polar surface area (TPSA) is 70.2 Å². The number of alkyl halides is 3. The van der Waals surface area contributed by atoms with E-state index in [1.165, 1.54) is 23.0 Å². The third-order valence-electron chi connectivity index (χ3n) is 3.71. The van der Waals surface area contributed by atoms with E-state index in [1.54, 1.807) is 26.0 Å². The molecule has 0 bridgehead atoms. The second kappa shape index (κ2) is 8.09. The van der Waals surface area contributed by atoms with Gasteiger partial charge >= 0.3 is 12.1 Å². The molecule has 0 fully saturated rings. The van der Waals surface area contributed by atoms with Gasteiger partial charge in [-0.3, -0.25) is 9.36 Å². The monoisotopic (exact) mass is 411 g/mol. The molecule has 3 rings (SSSR count). The van der Waals surface area contributed by atoms with Crippen LogP contribution in [-0.2, 0) is 15.7 Å². The first-order valence-corrected chi connectivity index (χ1v) is 9.19. The Bertz CT molecular complexity index is 955. The van der Waals surface area contributed by atoms with Gasteiger partial charge in [-0.05, 0) is 44.2 Å². The Balaban J connectivity index is 2.07. The smallest absolute Gasteiger partial charge is 0.416 e. The summed E-state index contributed by atoms with van der Waals surface area (Å²) in [7, 11) is 0. The van der Waals surface area contributed by atoms with Gasteiger partial charge < -0.3 is 9.15 Å². The zero-order valence-corrected chi connectivity index (χ0v) is 15.8. The highest BCUT2D eigenvalue weighted by Gasteiger charge is 2.31. The van der Waals surface area contributed by atoms with Crippen molar-refractivity contribution in [3.05, 3.63) is 48.2 Å². The van der Waals surface area contributed by atoms with Gasteiger partial charge in [-0.1, -0.05) is 17.8 Å². The number of hydrogen-bond acceptors (Lipinski definition) is 6. The summed E-state index contributed by atoms with van der Waals surface area (Å²) in [5.74, 6) is 0.106. The molecule has 0 spiro atoms. The number of carbonyl (C=O) groups excluding carboxylic acids is 1. The number of benzene rings is 1. The van der Waals surface area contributed by atoms with Crippen LogP contribution in [0.3, 0.4) is 0 Å². The lowest BCUT2D eigenvalue weighted by atomic mass is 10.2. The first kappa shape index (κ1) is 20.0. The zero-order chi connectivity index (χ0) is 20.3.